The molecule has 0 aliphatic heterocycles. The Morgan fingerprint density at radius 3 is 2.50 bits per heavy atom. The predicted octanol–water partition coefficient (Wildman–Crippen LogP) is 4.44. The molecule has 0 aliphatic carbocycles. The van der Waals surface area contributed by atoms with Crippen LogP contribution in [0, 0.1) is 6.92 Å². The van der Waals surface area contributed by atoms with Gasteiger partial charge >= 0.3 is 0 Å². The van der Waals surface area contributed by atoms with Crippen LogP contribution >= 0.6 is 11.6 Å². The topological polar surface area (TPSA) is 76.1 Å². The normalized spacial score (nSPS) is 10.3. The van der Waals surface area contributed by atoms with Crippen molar-refractivity contribution < 1.29 is 9.53 Å². The molecule has 7 heteroatoms. The Balaban J connectivity index is 1.79. The van der Waals surface area contributed by atoms with E-state index in [2.05, 4.69) is 20.6 Å². The van der Waals surface area contributed by atoms with Gasteiger partial charge in [0.25, 0.3) is 5.91 Å². The highest BCUT2D eigenvalue weighted by Crippen LogP contribution is 2.20. The highest BCUT2D eigenvalue weighted by Gasteiger charge is 2.11. The van der Waals surface area contributed by atoms with Gasteiger partial charge in [-0.25, -0.2) is 9.97 Å². The largest absolute Gasteiger partial charge is 0.497 e. The lowest BCUT2D eigenvalue weighted by molar-refractivity contribution is 0.102. The zero-order chi connectivity index (χ0) is 18.5. The summed E-state index contributed by atoms with van der Waals surface area (Å²) in [6.45, 7) is 1.73. The second-order valence-electron chi connectivity index (χ2n) is 5.50. The van der Waals surface area contributed by atoms with Crippen molar-refractivity contribution in [1.29, 1.82) is 0 Å². The number of ether oxygens (including phenoxy) is 1. The van der Waals surface area contributed by atoms with Crippen LogP contribution in [-0.2, 0) is 0 Å². The maximum atomic E-state index is 12.5. The van der Waals surface area contributed by atoms with Crippen molar-refractivity contribution in [2.45, 2.75) is 6.92 Å². The number of anilines is 3. The van der Waals surface area contributed by atoms with Crippen LogP contribution in [0.3, 0.4) is 0 Å². The summed E-state index contributed by atoms with van der Waals surface area (Å²) in [5, 5.41) is 6.48. The molecule has 6 nitrogen and oxygen atoms in total. The van der Waals surface area contributed by atoms with Crippen molar-refractivity contribution in [2.75, 3.05) is 17.7 Å². The number of benzene rings is 2. The highest BCUT2D eigenvalue weighted by molar-refractivity contribution is 6.30. The monoisotopic (exact) mass is 368 g/mol. The van der Waals surface area contributed by atoms with E-state index >= 15 is 0 Å². The molecule has 0 unspecified atom stereocenters. The SMILES string of the molecule is COc1ccc(Nc2cc(C(=O)Nc3cccc(Cl)c3)nc(C)n2)cc1. The van der Waals surface area contributed by atoms with Gasteiger partial charge < -0.3 is 15.4 Å². The summed E-state index contributed by atoms with van der Waals surface area (Å²) in [7, 11) is 1.61. The van der Waals surface area contributed by atoms with Crippen LogP contribution in [0.5, 0.6) is 5.75 Å². The minimum atomic E-state index is -0.337. The van der Waals surface area contributed by atoms with Gasteiger partial charge in [-0.05, 0) is 49.4 Å². The van der Waals surface area contributed by atoms with E-state index in [0.717, 1.165) is 11.4 Å². The van der Waals surface area contributed by atoms with E-state index in [4.69, 9.17) is 16.3 Å². The van der Waals surface area contributed by atoms with Gasteiger partial charge in [0.15, 0.2) is 0 Å². The molecule has 1 heterocycles. The van der Waals surface area contributed by atoms with Gasteiger partial charge in [0.2, 0.25) is 0 Å². The molecule has 26 heavy (non-hydrogen) atoms. The van der Waals surface area contributed by atoms with E-state index in [9.17, 15) is 4.79 Å². The first kappa shape index (κ1) is 17.7. The quantitative estimate of drug-likeness (QED) is 0.696. The molecule has 1 amide bonds. The predicted molar refractivity (Wildman–Crippen MR) is 102 cm³/mol. The number of aromatic nitrogens is 2. The Morgan fingerprint density at radius 1 is 1.04 bits per heavy atom. The number of carbonyl (C=O) groups is 1. The van der Waals surface area contributed by atoms with E-state index in [-0.39, 0.29) is 11.6 Å². The van der Waals surface area contributed by atoms with Gasteiger partial charge in [-0.1, -0.05) is 17.7 Å². The van der Waals surface area contributed by atoms with Crippen LogP contribution in [0.25, 0.3) is 0 Å². The van der Waals surface area contributed by atoms with Gasteiger partial charge in [0, 0.05) is 22.5 Å². The van der Waals surface area contributed by atoms with Crippen molar-refractivity contribution in [3.8, 4) is 5.75 Å². The maximum Gasteiger partial charge on any atom is 0.274 e. The van der Waals surface area contributed by atoms with E-state index in [1.54, 1.807) is 44.4 Å². The van der Waals surface area contributed by atoms with Crippen LogP contribution in [0.1, 0.15) is 16.3 Å². The standard InChI is InChI=1S/C19H17ClN4O2/c1-12-21-17(19(25)24-15-5-3-4-13(20)10-15)11-18(22-12)23-14-6-8-16(26-2)9-7-14/h3-11H,1-2H3,(H,24,25)(H,21,22,23). The Kier molecular flexibility index (Phi) is 5.34. The molecule has 3 rings (SSSR count). The van der Waals surface area contributed by atoms with Crippen LogP contribution in [-0.4, -0.2) is 23.0 Å². The maximum absolute atomic E-state index is 12.5. The van der Waals surface area contributed by atoms with E-state index in [1.165, 1.54) is 0 Å². The summed E-state index contributed by atoms with van der Waals surface area (Å²) in [4.78, 5) is 21.0. The molecule has 0 aliphatic rings. The van der Waals surface area contributed by atoms with Crippen LogP contribution in [0.15, 0.2) is 54.6 Å². The average Bonchev–Trinajstić information content (AvgIpc) is 2.62. The van der Waals surface area contributed by atoms with Crippen molar-refractivity contribution in [2.24, 2.45) is 0 Å². The molecule has 0 spiro atoms. The van der Waals surface area contributed by atoms with Crippen molar-refractivity contribution in [1.82, 2.24) is 9.97 Å². The van der Waals surface area contributed by atoms with E-state index < -0.39 is 0 Å². The third kappa shape index (κ3) is 4.49. The molecular formula is C19H17ClN4O2. The van der Waals surface area contributed by atoms with Crippen molar-refractivity contribution >= 4 is 34.7 Å². The van der Waals surface area contributed by atoms with Gasteiger partial charge in [-0.2, -0.15) is 0 Å². The molecule has 0 radical (unpaired) electrons. The van der Waals surface area contributed by atoms with E-state index in [1.807, 2.05) is 24.3 Å². The number of nitrogens with one attached hydrogen (secondary N) is 2. The molecule has 2 aromatic carbocycles. The summed E-state index contributed by atoms with van der Waals surface area (Å²) in [5.41, 5.74) is 1.68. The summed E-state index contributed by atoms with van der Waals surface area (Å²) in [5.74, 6) is 1.44. The van der Waals surface area contributed by atoms with Gasteiger partial charge in [0.1, 0.15) is 23.1 Å². The highest BCUT2D eigenvalue weighted by atomic mass is 35.5. The molecule has 0 fully saturated rings. The van der Waals surface area contributed by atoms with Gasteiger partial charge in [-0.15, -0.1) is 0 Å². The van der Waals surface area contributed by atoms with Crippen LogP contribution in [0.4, 0.5) is 17.2 Å². The Hall–Kier alpha value is -3.12. The first-order valence-corrected chi connectivity index (χ1v) is 8.25. The fourth-order valence-electron chi connectivity index (χ4n) is 2.33. The molecule has 0 saturated carbocycles. The zero-order valence-electron chi connectivity index (χ0n) is 14.3. The lowest BCUT2D eigenvalue weighted by atomic mass is 10.2. The summed E-state index contributed by atoms with van der Waals surface area (Å²) in [6, 6.07) is 15.9. The van der Waals surface area contributed by atoms with Crippen molar-refractivity contribution in [3.05, 3.63) is 71.1 Å². The minimum Gasteiger partial charge on any atom is -0.497 e. The molecule has 1 aromatic heterocycles. The smallest absolute Gasteiger partial charge is 0.274 e. The van der Waals surface area contributed by atoms with E-state index in [0.29, 0.717) is 22.4 Å². The average molecular weight is 369 g/mol. The molecule has 2 N–H and O–H groups in total. The number of amides is 1. The number of nitrogens with zero attached hydrogens (tertiary/aromatic N) is 2. The summed E-state index contributed by atoms with van der Waals surface area (Å²) >= 11 is 5.94. The Bertz CT molecular complexity index is 929. The number of hydrogen-bond acceptors (Lipinski definition) is 5. The third-order valence-electron chi connectivity index (χ3n) is 3.52. The second kappa shape index (κ2) is 7.84. The lowest BCUT2D eigenvalue weighted by Gasteiger charge is -2.10. The van der Waals surface area contributed by atoms with Crippen molar-refractivity contribution in [3.63, 3.8) is 0 Å². The van der Waals surface area contributed by atoms with Crippen LogP contribution < -0.4 is 15.4 Å². The Labute approximate surface area is 156 Å². The first-order chi connectivity index (χ1) is 12.5. The Morgan fingerprint density at radius 2 is 1.81 bits per heavy atom. The number of rotatable bonds is 5. The van der Waals surface area contributed by atoms with Gasteiger partial charge in [-0.3, -0.25) is 4.79 Å². The number of methoxy groups -OCH3 is 1. The molecule has 3 aromatic rings. The molecule has 132 valence electrons. The first-order valence-electron chi connectivity index (χ1n) is 7.87. The molecule has 0 saturated heterocycles. The second-order valence-corrected chi connectivity index (χ2v) is 5.94. The third-order valence-corrected chi connectivity index (χ3v) is 3.75. The zero-order valence-corrected chi connectivity index (χ0v) is 15.0. The number of hydrogen-bond donors (Lipinski definition) is 2. The number of halogens is 1. The van der Waals surface area contributed by atoms with Crippen LogP contribution in [0.2, 0.25) is 5.02 Å². The summed E-state index contributed by atoms with van der Waals surface area (Å²) < 4.78 is 5.14. The minimum absolute atomic E-state index is 0.258. The molecular weight excluding hydrogens is 352 g/mol. The number of aryl methyl sites for hydroxylation is 1. The summed E-state index contributed by atoms with van der Waals surface area (Å²) in [6.07, 6.45) is 0. The molecule has 0 atom stereocenters. The lowest BCUT2D eigenvalue weighted by Crippen LogP contribution is -2.15. The van der Waals surface area contributed by atoms with Gasteiger partial charge in [0.05, 0.1) is 7.11 Å². The molecule has 0 bridgehead atoms. The fraction of sp³-hybridized carbons (Fsp3) is 0.105. The number of carbonyl (C=O) groups excluding carboxylic acids is 1. The fourth-order valence-corrected chi connectivity index (χ4v) is 2.52.